The fourth-order valence-electron chi connectivity index (χ4n) is 2.02. The van der Waals surface area contributed by atoms with Gasteiger partial charge in [-0.15, -0.1) is 0 Å². The van der Waals surface area contributed by atoms with Crippen LogP contribution in [0.25, 0.3) is 0 Å². The molecule has 19 heavy (non-hydrogen) atoms. The van der Waals surface area contributed by atoms with E-state index in [-0.39, 0.29) is 0 Å². The standard InChI is InChI=1S/C17H28OS/c1-6-18-13-15-10-8-14(9-11-15)12-16(19-7-2)17(3,4)5/h8-11,16H,6-7,12-13H2,1-5H3. The lowest BCUT2D eigenvalue weighted by molar-refractivity contribution is 0.134. The van der Waals surface area contributed by atoms with E-state index < -0.39 is 0 Å². The van der Waals surface area contributed by atoms with E-state index in [4.69, 9.17) is 4.74 Å². The van der Waals surface area contributed by atoms with Crippen LogP contribution in [0.2, 0.25) is 0 Å². The summed E-state index contributed by atoms with van der Waals surface area (Å²) in [5.74, 6) is 1.18. The Labute approximate surface area is 123 Å². The molecule has 0 N–H and O–H groups in total. The van der Waals surface area contributed by atoms with E-state index in [9.17, 15) is 0 Å². The topological polar surface area (TPSA) is 9.23 Å². The van der Waals surface area contributed by atoms with Crippen molar-refractivity contribution >= 4 is 11.8 Å². The van der Waals surface area contributed by atoms with Crippen molar-refractivity contribution < 1.29 is 4.74 Å². The van der Waals surface area contributed by atoms with Crippen LogP contribution in [0.4, 0.5) is 0 Å². The van der Waals surface area contributed by atoms with E-state index in [1.165, 1.54) is 16.9 Å². The number of thioether (sulfide) groups is 1. The van der Waals surface area contributed by atoms with Crippen LogP contribution < -0.4 is 0 Å². The van der Waals surface area contributed by atoms with Gasteiger partial charge in [0.15, 0.2) is 0 Å². The zero-order chi connectivity index (χ0) is 14.3. The SMILES string of the molecule is CCOCc1ccc(CC(SCC)C(C)(C)C)cc1. The van der Waals surface area contributed by atoms with Gasteiger partial charge in [0.25, 0.3) is 0 Å². The van der Waals surface area contributed by atoms with Crippen molar-refractivity contribution in [3.05, 3.63) is 35.4 Å². The molecule has 0 aromatic heterocycles. The Morgan fingerprint density at radius 3 is 2.11 bits per heavy atom. The minimum atomic E-state index is 0.352. The van der Waals surface area contributed by atoms with E-state index in [0.717, 1.165) is 19.6 Å². The summed E-state index contributed by atoms with van der Waals surface area (Å²) in [6.45, 7) is 12.8. The van der Waals surface area contributed by atoms with Crippen molar-refractivity contribution in [2.45, 2.75) is 52.9 Å². The van der Waals surface area contributed by atoms with Crippen molar-refractivity contribution in [3.63, 3.8) is 0 Å². The molecule has 0 radical (unpaired) electrons. The minimum absolute atomic E-state index is 0.352. The van der Waals surface area contributed by atoms with Gasteiger partial charge in [-0.1, -0.05) is 52.0 Å². The van der Waals surface area contributed by atoms with Crippen LogP contribution in [0.5, 0.6) is 0 Å². The van der Waals surface area contributed by atoms with Crippen LogP contribution in [0.15, 0.2) is 24.3 Å². The van der Waals surface area contributed by atoms with Crippen molar-refractivity contribution in [2.75, 3.05) is 12.4 Å². The largest absolute Gasteiger partial charge is 0.377 e. The molecule has 0 spiro atoms. The second-order valence-electron chi connectivity index (χ2n) is 5.97. The molecule has 0 amide bonds. The Morgan fingerprint density at radius 2 is 1.63 bits per heavy atom. The van der Waals surface area contributed by atoms with Gasteiger partial charge < -0.3 is 4.74 Å². The fourth-order valence-corrected chi connectivity index (χ4v) is 3.23. The van der Waals surface area contributed by atoms with E-state index >= 15 is 0 Å². The maximum Gasteiger partial charge on any atom is 0.0716 e. The number of rotatable bonds is 7. The molecule has 1 nitrogen and oxygen atoms in total. The van der Waals surface area contributed by atoms with Crippen molar-refractivity contribution in [2.24, 2.45) is 5.41 Å². The molecule has 1 aromatic rings. The van der Waals surface area contributed by atoms with Crippen LogP contribution in [0.1, 0.15) is 45.7 Å². The Bertz CT molecular complexity index is 351. The fraction of sp³-hybridized carbons (Fsp3) is 0.647. The molecule has 108 valence electrons. The lowest BCUT2D eigenvalue weighted by atomic mass is 9.88. The van der Waals surface area contributed by atoms with E-state index in [1.807, 2.05) is 6.92 Å². The molecule has 1 rings (SSSR count). The van der Waals surface area contributed by atoms with Crippen LogP contribution in [0, 0.1) is 5.41 Å². The highest BCUT2D eigenvalue weighted by atomic mass is 32.2. The van der Waals surface area contributed by atoms with Crippen molar-refractivity contribution in [1.82, 2.24) is 0 Å². The molecular weight excluding hydrogens is 252 g/mol. The van der Waals surface area contributed by atoms with Crippen molar-refractivity contribution in [1.29, 1.82) is 0 Å². The Morgan fingerprint density at radius 1 is 1.05 bits per heavy atom. The van der Waals surface area contributed by atoms with E-state index in [1.54, 1.807) is 0 Å². The van der Waals surface area contributed by atoms with Crippen LogP contribution in [0.3, 0.4) is 0 Å². The number of hydrogen-bond acceptors (Lipinski definition) is 2. The molecule has 0 aliphatic heterocycles. The summed E-state index contributed by atoms with van der Waals surface area (Å²) >= 11 is 2.07. The van der Waals surface area contributed by atoms with Gasteiger partial charge in [-0.25, -0.2) is 0 Å². The normalized spacial score (nSPS) is 13.5. The predicted molar refractivity (Wildman–Crippen MR) is 86.9 cm³/mol. The zero-order valence-electron chi connectivity index (χ0n) is 13.0. The molecule has 0 aliphatic carbocycles. The van der Waals surface area contributed by atoms with Gasteiger partial charge in [0.1, 0.15) is 0 Å². The first kappa shape index (κ1) is 16.6. The molecule has 1 unspecified atom stereocenters. The summed E-state index contributed by atoms with van der Waals surface area (Å²) in [4.78, 5) is 0. The summed E-state index contributed by atoms with van der Waals surface area (Å²) in [6.07, 6.45) is 1.15. The van der Waals surface area contributed by atoms with Crippen LogP contribution in [-0.2, 0) is 17.8 Å². The average molecular weight is 280 g/mol. The molecule has 0 saturated heterocycles. The van der Waals surface area contributed by atoms with E-state index in [2.05, 4.69) is 63.7 Å². The van der Waals surface area contributed by atoms with Gasteiger partial charge in [-0.05, 0) is 35.6 Å². The molecule has 0 saturated carbocycles. The number of hydrogen-bond donors (Lipinski definition) is 0. The van der Waals surface area contributed by atoms with Gasteiger partial charge >= 0.3 is 0 Å². The summed E-state index contributed by atoms with van der Waals surface area (Å²) in [7, 11) is 0. The van der Waals surface area contributed by atoms with Gasteiger partial charge in [0.2, 0.25) is 0 Å². The van der Waals surface area contributed by atoms with Gasteiger partial charge in [0.05, 0.1) is 6.61 Å². The van der Waals surface area contributed by atoms with E-state index in [0.29, 0.717) is 10.7 Å². The molecule has 0 aliphatic rings. The van der Waals surface area contributed by atoms with Gasteiger partial charge in [-0.3, -0.25) is 0 Å². The molecular formula is C17H28OS. The van der Waals surface area contributed by atoms with Crippen LogP contribution >= 0.6 is 11.8 Å². The number of benzene rings is 1. The highest BCUT2D eigenvalue weighted by Crippen LogP contribution is 2.32. The van der Waals surface area contributed by atoms with Crippen molar-refractivity contribution in [3.8, 4) is 0 Å². The highest BCUT2D eigenvalue weighted by Gasteiger charge is 2.24. The highest BCUT2D eigenvalue weighted by molar-refractivity contribution is 7.99. The molecule has 0 fully saturated rings. The van der Waals surface area contributed by atoms with Crippen LogP contribution in [-0.4, -0.2) is 17.6 Å². The maximum absolute atomic E-state index is 5.43. The lowest BCUT2D eigenvalue weighted by Crippen LogP contribution is -2.25. The quantitative estimate of drug-likeness (QED) is 0.700. The molecule has 2 heteroatoms. The first-order valence-corrected chi connectivity index (χ1v) is 8.29. The van der Waals surface area contributed by atoms with Gasteiger partial charge in [0, 0.05) is 11.9 Å². The Kier molecular flexibility index (Phi) is 6.95. The summed E-state index contributed by atoms with van der Waals surface area (Å²) in [5.41, 5.74) is 3.05. The molecule has 0 heterocycles. The smallest absolute Gasteiger partial charge is 0.0716 e. The Hall–Kier alpha value is -0.470. The minimum Gasteiger partial charge on any atom is -0.377 e. The third-order valence-corrected chi connectivity index (χ3v) is 4.86. The Balaban J connectivity index is 2.64. The second kappa shape index (κ2) is 7.96. The third-order valence-electron chi connectivity index (χ3n) is 3.25. The molecule has 0 bridgehead atoms. The maximum atomic E-state index is 5.43. The number of ether oxygens (including phenoxy) is 1. The summed E-state index contributed by atoms with van der Waals surface area (Å²) in [5, 5.41) is 0.676. The third kappa shape index (κ3) is 6.01. The van der Waals surface area contributed by atoms with Gasteiger partial charge in [-0.2, -0.15) is 11.8 Å². The molecule has 1 aromatic carbocycles. The second-order valence-corrected chi connectivity index (χ2v) is 7.45. The first-order chi connectivity index (χ1) is 8.97. The summed E-state index contributed by atoms with van der Waals surface area (Å²) < 4.78 is 5.43. The summed E-state index contributed by atoms with van der Waals surface area (Å²) in [6, 6.07) is 8.90. The molecule has 1 atom stereocenters. The predicted octanol–water partition coefficient (Wildman–Crippen LogP) is 4.93. The lowest BCUT2D eigenvalue weighted by Gasteiger charge is -2.30. The average Bonchev–Trinajstić information content (AvgIpc) is 2.36. The zero-order valence-corrected chi connectivity index (χ0v) is 13.8. The monoisotopic (exact) mass is 280 g/mol. The first-order valence-electron chi connectivity index (χ1n) is 7.24.